The molecule has 1 aliphatic rings. The smallest absolute Gasteiger partial charge is 0.251 e. The van der Waals surface area contributed by atoms with E-state index >= 15 is 0 Å². The molecular weight excluding hydrogens is 432 g/mol. The molecule has 1 fully saturated rings. The van der Waals surface area contributed by atoms with Crippen molar-refractivity contribution in [3.05, 3.63) is 66.4 Å². The SMILES string of the molecule is CNC(=O)c1cc(Nc2ccc(OC)cc2)cc(-c2ccnc(NC(=O)C3CCOCC3)c2)c1. The van der Waals surface area contributed by atoms with Crippen LogP contribution in [0, 0.1) is 5.92 Å². The van der Waals surface area contributed by atoms with Crippen molar-refractivity contribution in [2.24, 2.45) is 5.92 Å². The lowest BCUT2D eigenvalue weighted by molar-refractivity contribution is -0.122. The number of hydrogen-bond acceptors (Lipinski definition) is 6. The predicted molar refractivity (Wildman–Crippen MR) is 132 cm³/mol. The Balaban J connectivity index is 1.60. The summed E-state index contributed by atoms with van der Waals surface area (Å²) in [4.78, 5) is 29.4. The molecule has 1 aliphatic heterocycles. The van der Waals surface area contributed by atoms with Gasteiger partial charge in [-0.1, -0.05) is 0 Å². The summed E-state index contributed by atoms with van der Waals surface area (Å²) in [7, 11) is 3.22. The molecule has 0 bridgehead atoms. The number of benzene rings is 2. The average Bonchev–Trinajstić information content (AvgIpc) is 2.89. The molecule has 0 unspecified atom stereocenters. The van der Waals surface area contributed by atoms with E-state index in [2.05, 4.69) is 20.9 Å². The molecule has 1 aromatic heterocycles. The highest BCUT2D eigenvalue weighted by atomic mass is 16.5. The van der Waals surface area contributed by atoms with E-state index in [1.165, 1.54) is 0 Å². The van der Waals surface area contributed by atoms with Crippen molar-refractivity contribution in [2.45, 2.75) is 12.8 Å². The lowest BCUT2D eigenvalue weighted by Crippen LogP contribution is -2.28. The van der Waals surface area contributed by atoms with Crippen LogP contribution >= 0.6 is 0 Å². The second kappa shape index (κ2) is 10.8. The summed E-state index contributed by atoms with van der Waals surface area (Å²) in [5, 5.41) is 8.94. The number of anilines is 3. The van der Waals surface area contributed by atoms with Crippen LogP contribution < -0.4 is 20.7 Å². The minimum absolute atomic E-state index is 0.0473. The molecule has 0 aliphatic carbocycles. The van der Waals surface area contributed by atoms with Gasteiger partial charge < -0.3 is 25.4 Å². The number of carbonyl (C=O) groups is 2. The molecule has 3 N–H and O–H groups in total. The summed E-state index contributed by atoms with van der Waals surface area (Å²) in [6.45, 7) is 1.20. The second-order valence-electron chi connectivity index (χ2n) is 8.04. The van der Waals surface area contributed by atoms with E-state index in [0.717, 1.165) is 28.3 Å². The van der Waals surface area contributed by atoms with Crippen LogP contribution in [-0.4, -0.2) is 44.2 Å². The van der Waals surface area contributed by atoms with Gasteiger partial charge in [0.2, 0.25) is 5.91 Å². The molecule has 2 aromatic carbocycles. The number of pyridine rings is 1. The lowest BCUT2D eigenvalue weighted by atomic mass is 9.99. The summed E-state index contributed by atoms with van der Waals surface area (Å²) in [6.07, 6.45) is 3.07. The van der Waals surface area contributed by atoms with Gasteiger partial charge >= 0.3 is 0 Å². The fourth-order valence-corrected chi connectivity index (χ4v) is 3.85. The largest absolute Gasteiger partial charge is 0.497 e. The van der Waals surface area contributed by atoms with Crippen molar-refractivity contribution in [1.82, 2.24) is 10.3 Å². The number of hydrogen-bond donors (Lipinski definition) is 3. The van der Waals surface area contributed by atoms with Crippen molar-refractivity contribution in [3.63, 3.8) is 0 Å². The molecule has 176 valence electrons. The maximum atomic E-state index is 12.6. The summed E-state index contributed by atoms with van der Waals surface area (Å²) >= 11 is 0. The minimum Gasteiger partial charge on any atom is -0.497 e. The van der Waals surface area contributed by atoms with Gasteiger partial charge in [-0.3, -0.25) is 9.59 Å². The molecule has 8 nitrogen and oxygen atoms in total. The molecule has 1 saturated heterocycles. The van der Waals surface area contributed by atoms with Crippen molar-refractivity contribution in [1.29, 1.82) is 0 Å². The van der Waals surface area contributed by atoms with Crippen molar-refractivity contribution < 1.29 is 19.1 Å². The first-order valence-corrected chi connectivity index (χ1v) is 11.2. The van der Waals surface area contributed by atoms with Gasteiger partial charge in [-0.05, 0) is 78.6 Å². The Morgan fingerprint density at radius 2 is 1.74 bits per heavy atom. The number of methoxy groups -OCH3 is 1. The number of aromatic nitrogens is 1. The first-order chi connectivity index (χ1) is 16.6. The Morgan fingerprint density at radius 1 is 0.971 bits per heavy atom. The molecule has 3 aromatic rings. The van der Waals surface area contributed by atoms with Gasteiger partial charge in [0, 0.05) is 49.3 Å². The topological polar surface area (TPSA) is 102 Å². The second-order valence-corrected chi connectivity index (χ2v) is 8.04. The molecule has 0 saturated carbocycles. The average molecular weight is 461 g/mol. The summed E-state index contributed by atoms with van der Waals surface area (Å²) in [6, 6.07) is 16.8. The lowest BCUT2D eigenvalue weighted by Gasteiger charge is -2.21. The first-order valence-electron chi connectivity index (χ1n) is 11.2. The summed E-state index contributed by atoms with van der Waals surface area (Å²) in [5.74, 6) is 0.924. The van der Waals surface area contributed by atoms with Crippen LogP contribution in [0.25, 0.3) is 11.1 Å². The molecule has 2 amide bonds. The van der Waals surface area contributed by atoms with Crippen LogP contribution in [0.1, 0.15) is 23.2 Å². The number of amides is 2. The van der Waals surface area contributed by atoms with Gasteiger partial charge in [0.05, 0.1) is 7.11 Å². The van der Waals surface area contributed by atoms with E-state index in [1.54, 1.807) is 26.4 Å². The van der Waals surface area contributed by atoms with Gasteiger partial charge in [0.15, 0.2) is 0 Å². The normalized spacial score (nSPS) is 13.7. The number of nitrogens with zero attached hydrogens (tertiary/aromatic N) is 1. The third-order valence-electron chi connectivity index (χ3n) is 5.74. The monoisotopic (exact) mass is 460 g/mol. The van der Waals surface area contributed by atoms with Gasteiger partial charge in [-0.2, -0.15) is 0 Å². The Bertz CT molecular complexity index is 1160. The van der Waals surface area contributed by atoms with Gasteiger partial charge in [0.25, 0.3) is 5.91 Å². The van der Waals surface area contributed by atoms with E-state index in [-0.39, 0.29) is 17.7 Å². The Hall–Kier alpha value is -3.91. The number of rotatable bonds is 7. The molecule has 2 heterocycles. The molecule has 4 rings (SSSR count). The van der Waals surface area contributed by atoms with Crippen LogP contribution in [0.3, 0.4) is 0 Å². The van der Waals surface area contributed by atoms with Gasteiger partial charge in [-0.25, -0.2) is 4.98 Å². The highest BCUT2D eigenvalue weighted by Gasteiger charge is 2.22. The van der Waals surface area contributed by atoms with Crippen LogP contribution in [0.5, 0.6) is 5.75 Å². The third kappa shape index (κ3) is 5.71. The standard InChI is InChI=1S/C26H28N4O4/c1-27-25(31)20-13-19(14-22(15-20)29-21-3-5-23(33-2)6-4-21)18-7-10-28-24(16-18)30-26(32)17-8-11-34-12-9-17/h3-7,10,13-17,29H,8-9,11-12H2,1-2H3,(H,27,31)(H,28,30,32). The van der Waals surface area contributed by atoms with Crippen LogP contribution in [0.15, 0.2) is 60.8 Å². The molecule has 0 radical (unpaired) electrons. The van der Waals surface area contributed by atoms with Crippen LogP contribution in [0.2, 0.25) is 0 Å². The van der Waals surface area contributed by atoms with Crippen molar-refractivity contribution in [3.8, 4) is 16.9 Å². The van der Waals surface area contributed by atoms with E-state index < -0.39 is 0 Å². The molecule has 34 heavy (non-hydrogen) atoms. The Morgan fingerprint density at radius 3 is 2.44 bits per heavy atom. The third-order valence-corrected chi connectivity index (χ3v) is 5.74. The Kier molecular flexibility index (Phi) is 7.39. The fraction of sp³-hybridized carbons (Fsp3) is 0.269. The zero-order valence-electron chi connectivity index (χ0n) is 19.3. The number of nitrogens with one attached hydrogen (secondary N) is 3. The van der Waals surface area contributed by atoms with E-state index in [0.29, 0.717) is 37.4 Å². The van der Waals surface area contributed by atoms with Crippen LogP contribution in [-0.2, 0) is 9.53 Å². The van der Waals surface area contributed by atoms with E-state index in [1.807, 2.05) is 48.5 Å². The highest BCUT2D eigenvalue weighted by molar-refractivity contribution is 5.97. The maximum Gasteiger partial charge on any atom is 0.251 e. The van der Waals surface area contributed by atoms with Gasteiger partial charge in [0.1, 0.15) is 11.6 Å². The fourth-order valence-electron chi connectivity index (χ4n) is 3.85. The molecule has 0 spiro atoms. The minimum atomic E-state index is -0.193. The first kappa shape index (κ1) is 23.3. The zero-order valence-corrected chi connectivity index (χ0v) is 19.3. The predicted octanol–water partition coefficient (Wildman–Crippen LogP) is 4.23. The highest BCUT2D eigenvalue weighted by Crippen LogP contribution is 2.29. The number of carbonyl (C=O) groups excluding carboxylic acids is 2. The maximum absolute atomic E-state index is 12.6. The van der Waals surface area contributed by atoms with E-state index in [4.69, 9.17) is 9.47 Å². The number of ether oxygens (including phenoxy) is 2. The zero-order chi connectivity index (χ0) is 23.9. The molecule has 8 heteroatoms. The van der Waals surface area contributed by atoms with Crippen molar-refractivity contribution in [2.75, 3.05) is 38.0 Å². The molecular formula is C26H28N4O4. The van der Waals surface area contributed by atoms with Crippen LogP contribution in [0.4, 0.5) is 17.2 Å². The summed E-state index contributed by atoms with van der Waals surface area (Å²) < 4.78 is 10.6. The Labute approximate surface area is 198 Å². The van der Waals surface area contributed by atoms with Crippen molar-refractivity contribution >= 4 is 29.0 Å². The quantitative estimate of drug-likeness (QED) is 0.488. The van der Waals surface area contributed by atoms with E-state index in [9.17, 15) is 9.59 Å². The van der Waals surface area contributed by atoms with Gasteiger partial charge in [-0.15, -0.1) is 0 Å². The summed E-state index contributed by atoms with van der Waals surface area (Å²) in [5.41, 5.74) is 3.79. The molecule has 0 atom stereocenters.